The first-order valence-corrected chi connectivity index (χ1v) is 12.8. The average Bonchev–Trinajstić information content (AvgIpc) is 2.91. The number of aryl methyl sites for hydroxylation is 1. The Morgan fingerprint density at radius 1 is 1.15 bits per heavy atom. The van der Waals surface area contributed by atoms with Gasteiger partial charge in [0.1, 0.15) is 11.6 Å². The minimum absolute atomic E-state index is 0.0298. The molecule has 2 heterocycles. The molecular formula is C29H32F3N7O2. The van der Waals surface area contributed by atoms with E-state index in [0.29, 0.717) is 47.1 Å². The van der Waals surface area contributed by atoms with Crippen molar-refractivity contribution in [2.45, 2.75) is 46.1 Å². The second-order valence-electron chi connectivity index (χ2n) is 9.80. The number of fused-ring (bicyclic) bond motifs is 1. The van der Waals surface area contributed by atoms with E-state index in [9.17, 15) is 18.0 Å². The summed E-state index contributed by atoms with van der Waals surface area (Å²) in [7, 11) is 3.23. The highest BCUT2D eigenvalue weighted by atomic mass is 19.4. The maximum absolute atomic E-state index is 13.4. The van der Waals surface area contributed by atoms with Crippen LogP contribution in [0.1, 0.15) is 48.0 Å². The van der Waals surface area contributed by atoms with Crippen molar-refractivity contribution in [2.24, 2.45) is 0 Å². The largest absolute Gasteiger partial charge is 0.481 e. The monoisotopic (exact) mass is 567 g/mol. The lowest BCUT2D eigenvalue weighted by molar-refractivity contribution is -0.137. The predicted octanol–water partition coefficient (Wildman–Crippen LogP) is 5.71. The zero-order chi connectivity index (χ0) is 29.9. The molecule has 4 aromatic rings. The maximum Gasteiger partial charge on any atom is 0.416 e. The van der Waals surface area contributed by atoms with Gasteiger partial charge in [-0.05, 0) is 61.4 Å². The molecule has 0 aliphatic rings. The van der Waals surface area contributed by atoms with Gasteiger partial charge >= 0.3 is 6.18 Å². The normalized spacial score (nSPS) is 12.2. The van der Waals surface area contributed by atoms with Gasteiger partial charge in [-0.15, -0.1) is 0 Å². The number of hydrogen-bond donors (Lipinski definition) is 3. The number of hydrogen-bond acceptors (Lipinski definition) is 8. The summed E-state index contributed by atoms with van der Waals surface area (Å²) in [6, 6.07) is 10.5. The lowest BCUT2D eigenvalue weighted by Gasteiger charge is -2.20. The van der Waals surface area contributed by atoms with Crippen molar-refractivity contribution >= 4 is 34.0 Å². The molecule has 0 radical (unpaired) electrons. The zero-order valence-electron chi connectivity index (χ0n) is 23.4. The van der Waals surface area contributed by atoms with Crippen LogP contribution in [0.25, 0.3) is 10.9 Å². The summed E-state index contributed by atoms with van der Waals surface area (Å²) in [5.74, 6) is 1.34. The zero-order valence-corrected chi connectivity index (χ0v) is 23.4. The molecule has 0 bridgehead atoms. The van der Waals surface area contributed by atoms with E-state index in [4.69, 9.17) is 10.5 Å². The molecule has 41 heavy (non-hydrogen) atoms. The van der Waals surface area contributed by atoms with E-state index < -0.39 is 17.8 Å². The molecule has 0 aliphatic heterocycles. The van der Waals surface area contributed by atoms with Gasteiger partial charge in [-0.25, -0.2) is 15.0 Å². The fourth-order valence-corrected chi connectivity index (χ4v) is 4.40. The number of benzene rings is 2. The third kappa shape index (κ3) is 6.94. The van der Waals surface area contributed by atoms with E-state index in [0.717, 1.165) is 28.9 Å². The van der Waals surface area contributed by atoms with Crippen molar-refractivity contribution in [1.29, 1.82) is 0 Å². The van der Waals surface area contributed by atoms with E-state index in [-0.39, 0.29) is 11.6 Å². The van der Waals surface area contributed by atoms with Gasteiger partial charge in [-0.2, -0.15) is 13.2 Å². The number of carbonyl (C=O) groups is 1. The molecule has 0 aliphatic carbocycles. The minimum atomic E-state index is -4.51. The van der Waals surface area contributed by atoms with E-state index in [1.54, 1.807) is 32.0 Å². The number of carbonyl (C=O) groups excluding carboxylic acids is 1. The topological polar surface area (TPSA) is 118 Å². The van der Waals surface area contributed by atoms with Gasteiger partial charge in [-0.1, -0.05) is 6.07 Å². The number of pyridine rings is 1. The number of nitrogens with zero attached hydrogens (tertiary/aromatic N) is 4. The van der Waals surface area contributed by atoms with Crippen molar-refractivity contribution in [2.75, 3.05) is 30.5 Å². The molecule has 2 aromatic carbocycles. The number of halogens is 3. The van der Waals surface area contributed by atoms with Crippen LogP contribution in [0.15, 0.2) is 48.7 Å². The summed E-state index contributed by atoms with van der Waals surface area (Å²) >= 11 is 0. The number of anilines is 3. The Bertz CT molecular complexity index is 1580. The fourth-order valence-electron chi connectivity index (χ4n) is 4.40. The molecule has 0 spiro atoms. The van der Waals surface area contributed by atoms with Crippen molar-refractivity contribution in [3.63, 3.8) is 0 Å². The lowest BCUT2D eigenvalue weighted by Crippen LogP contribution is -2.24. The van der Waals surface area contributed by atoms with E-state index in [2.05, 4.69) is 25.6 Å². The predicted molar refractivity (Wildman–Crippen MR) is 152 cm³/mol. The van der Waals surface area contributed by atoms with Crippen LogP contribution in [0.5, 0.6) is 5.88 Å². The third-order valence-electron chi connectivity index (χ3n) is 6.66. The van der Waals surface area contributed by atoms with Crippen LogP contribution < -0.4 is 21.1 Å². The molecular weight excluding hydrogens is 535 g/mol. The number of ether oxygens (including phenoxy) is 1. The molecule has 2 aromatic heterocycles. The van der Waals surface area contributed by atoms with Crippen LogP contribution in [0.4, 0.5) is 30.4 Å². The van der Waals surface area contributed by atoms with Gasteiger partial charge in [0.05, 0.1) is 36.3 Å². The molecule has 1 amide bonds. The highest BCUT2D eigenvalue weighted by Crippen LogP contribution is 2.34. The van der Waals surface area contributed by atoms with Crippen LogP contribution >= 0.6 is 0 Å². The van der Waals surface area contributed by atoms with Crippen molar-refractivity contribution < 1.29 is 22.7 Å². The molecule has 216 valence electrons. The molecule has 0 saturated heterocycles. The molecule has 4 rings (SSSR count). The second kappa shape index (κ2) is 11.9. The summed E-state index contributed by atoms with van der Waals surface area (Å²) in [5.41, 5.74) is 8.49. The number of aromatic nitrogens is 3. The molecule has 9 nitrogen and oxygen atoms in total. The number of methoxy groups -OCH3 is 1. The van der Waals surface area contributed by atoms with Gasteiger partial charge in [0, 0.05) is 43.5 Å². The second-order valence-corrected chi connectivity index (χ2v) is 9.80. The highest BCUT2D eigenvalue weighted by molar-refractivity contribution is 5.90. The number of nitrogens with one attached hydrogen (secondary N) is 2. The van der Waals surface area contributed by atoms with E-state index in [1.165, 1.54) is 20.1 Å². The van der Waals surface area contributed by atoms with Crippen LogP contribution in [0, 0.1) is 6.92 Å². The van der Waals surface area contributed by atoms with Crippen molar-refractivity contribution in [3.05, 3.63) is 76.7 Å². The van der Waals surface area contributed by atoms with E-state index >= 15 is 0 Å². The Morgan fingerprint density at radius 2 is 1.90 bits per heavy atom. The third-order valence-corrected chi connectivity index (χ3v) is 6.66. The molecule has 0 saturated carbocycles. The molecule has 1 unspecified atom stereocenters. The standard InChI is InChI=1S/C29H32F3N7O2/c1-16(20-11-21(29(30,31)32)13-22(33)12-20)36-27-23-10-19(6-7-26(23)37-17(2)38-27)14-35-25-8-9-34-28(41-5)24(25)15-39(4)18(3)40/h6-13,16H,14-15,33H2,1-5H3,(H,34,35)(H,36,37,38). The number of nitrogen functional groups attached to an aromatic ring is 1. The summed E-state index contributed by atoms with van der Waals surface area (Å²) < 4.78 is 45.5. The summed E-state index contributed by atoms with van der Waals surface area (Å²) in [6.45, 7) is 5.73. The maximum atomic E-state index is 13.4. The minimum Gasteiger partial charge on any atom is -0.481 e. The quantitative estimate of drug-likeness (QED) is 0.220. The van der Waals surface area contributed by atoms with E-state index in [1.807, 2.05) is 24.3 Å². The Labute approximate surface area is 236 Å². The summed E-state index contributed by atoms with van der Waals surface area (Å²) in [6.07, 6.45) is -2.89. The number of nitrogens with two attached hydrogens (primary N) is 1. The summed E-state index contributed by atoms with van der Waals surface area (Å²) in [4.78, 5) is 26.7. The van der Waals surface area contributed by atoms with Crippen LogP contribution in [-0.4, -0.2) is 39.9 Å². The molecule has 12 heteroatoms. The first-order chi connectivity index (χ1) is 19.3. The number of rotatable bonds is 9. The van der Waals surface area contributed by atoms with Crippen molar-refractivity contribution in [3.8, 4) is 5.88 Å². The van der Waals surface area contributed by atoms with Gasteiger partial charge in [-0.3, -0.25) is 4.79 Å². The van der Waals surface area contributed by atoms with Gasteiger partial charge in [0.15, 0.2) is 0 Å². The van der Waals surface area contributed by atoms with Crippen molar-refractivity contribution in [1.82, 2.24) is 19.9 Å². The Morgan fingerprint density at radius 3 is 2.59 bits per heavy atom. The molecule has 1 atom stereocenters. The molecule has 0 fully saturated rings. The van der Waals surface area contributed by atoms with Gasteiger partial charge < -0.3 is 26.0 Å². The lowest BCUT2D eigenvalue weighted by atomic mass is 10.0. The fraction of sp³-hybridized carbons (Fsp3) is 0.310. The highest BCUT2D eigenvalue weighted by Gasteiger charge is 2.31. The SMILES string of the molecule is COc1nccc(NCc2ccc3nc(C)nc(NC(C)c4cc(N)cc(C(F)(F)F)c4)c3c2)c1CN(C)C(C)=O. The average molecular weight is 568 g/mol. The van der Waals surface area contributed by atoms with Crippen LogP contribution in [-0.2, 0) is 24.1 Å². The Balaban J connectivity index is 1.62. The first kappa shape index (κ1) is 29.4. The Kier molecular flexibility index (Phi) is 8.50. The summed E-state index contributed by atoms with van der Waals surface area (Å²) in [5, 5.41) is 7.36. The number of alkyl halides is 3. The van der Waals surface area contributed by atoms with Crippen LogP contribution in [0.2, 0.25) is 0 Å². The molecule has 4 N–H and O–H groups in total. The Hall–Kier alpha value is -4.61. The number of amides is 1. The van der Waals surface area contributed by atoms with Crippen LogP contribution in [0.3, 0.4) is 0 Å². The van der Waals surface area contributed by atoms with Gasteiger partial charge in [0.2, 0.25) is 11.8 Å². The van der Waals surface area contributed by atoms with Gasteiger partial charge in [0.25, 0.3) is 0 Å². The smallest absolute Gasteiger partial charge is 0.416 e. The first-order valence-electron chi connectivity index (χ1n) is 12.8.